The summed E-state index contributed by atoms with van der Waals surface area (Å²) in [4.78, 5) is 0. The molecule has 13 heavy (non-hydrogen) atoms. The number of rotatable bonds is 0. The minimum atomic E-state index is -0.567. The van der Waals surface area contributed by atoms with E-state index < -0.39 is 6.29 Å². The first-order valence-electron chi connectivity index (χ1n) is 4.87. The van der Waals surface area contributed by atoms with Crippen molar-refractivity contribution >= 4 is 0 Å². The summed E-state index contributed by atoms with van der Waals surface area (Å²) in [5.41, 5.74) is 2.67. The van der Waals surface area contributed by atoms with Gasteiger partial charge >= 0.3 is 0 Å². The van der Waals surface area contributed by atoms with E-state index in [0.717, 1.165) is 12.8 Å². The van der Waals surface area contributed by atoms with Gasteiger partial charge < -0.3 is 9.84 Å². The van der Waals surface area contributed by atoms with Gasteiger partial charge in [-0.3, -0.25) is 0 Å². The Hall–Kier alpha value is -0.600. The Morgan fingerprint density at radius 2 is 2.23 bits per heavy atom. The summed E-state index contributed by atoms with van der Waals surface area (Å²) in [5, 5.41) is 9.44. The molecule has 0 radical (unpaired) electrons. The number of hydrogen-bond donors (Lipinski definition) is 1. The molecule has 0 aromatic heterocycles. The van der Waals surface area contributed by atoms with Gasteiger partial charge in [0.05, 0.1) is 6.10 Å². The topological polar surface area (TPSA) is 29.5 Å². The molecule has 2 aliphatic rings. The maximum absolute atomic E-state index is 9.44. The molecule has 1 heterocycles. The van der Waals surface area contributed by atoms with Crippen LogP contribution in [0.4, 0.5) is 0 Å². The van der Waals surface area contributed by atoms with Crippen LogP contribution < -0.4 is 0 Å². The second-order valence-electron chi connectivity index (χ2n) is 4.10. The van der Waals surface area contributed by atoms with Crippen LogP contribution in [0.15, 0.2) is 23.3 Å². The predicted molar refractivity (Wildman–Crippen MR) is 51.1 cm³/mol. The van der Waals surface area contributed by atoms with Crippen LogP contribution in [-0.2, 0) is 4.74 Å². The maximum atomic E-state index is 9.44. The minimum absolute atomic E-state index is 0.128. The Morgan fingerprint density at radius 3 is 3.00 bits per heavy atom. The molecule has 1 N–H and O–H groups in total. The molecule has 0 saturated carbocycles. The highest BCUT2D eigenvalue weighted by molar-refractivity contribution is 5.29. The van der Waals surface area contributed by atoms with Gasteiger partial charge in [0.25, 0.3) is 0 Å². The fraction of sp³-hybridized carbons (Fsp3) is 0.636. The minimum Gasteiger partial charge on any atom is -0.368 e. The van der Waals surface area contributed by atoms with E-state index in [1.54, 1.807) is 0 Å². The second kappa shape index (κ2) is 3.28. The van der Waals surface area contributed by atoms with Gasteiger partial charge in [-0.15, -0.1) is 0 Å². The van der Waals surface area contributed by atoms with Crippen LogP contribution in [0.5, 0.6) is 0 Å². The standard InChI is InChI=1S/C11H16O2/c1-7-3-4-9-8(2)6-11(12)13-10(9)5-7/h3-4,8,10-12H,5-6H2,1-2H3/t8-,10?,11?/m0/s1. The maximum Gasteiger partial charge on any atom is 0.155 e. The molecule has 2 heteroatoms. The molecule has 2 unspecified atom stereocenters. The van der Waals surface area contributed by atoms with Gasteiger partial charge in [-0.25, -0.2) is 0 Å². The molecule has 1 fully saturated rings. The van der Waals surface area contributed by atoms with Gasteiger partial charge in [-0.05, 0) is 24.8 Å². The highest BCUT2D eigenvalue weighted by atomic mass is 16.6. The Kier molecular flexibility index (Phi) is 2.26. The van der Waals surface area contributed by atoms with Crippen molar-refractivity contribution < 1.29 is 9.84 Å². The van der Waals surface area contributed by atoms with Crippen molar-refractivity contribution in [1.82, 2.24) is 0 Å². The smallest absolute Gasteiger partial charge is 0.155 e. The summed E-state index contributed by atoms with van der Waals surface area (Å²) < 4.78 is 5.48. The zero-order chi connectivity index (χ0) is 9.42. The molecule has 1 aliphatic carbocycles. The normalized spacial score (nSPS) is 39.2. The fourth-order valence-corrected chi connectivity index (χ4v) is 2.12. The van der Waals surface area contributed by atoms with Gasteiger partial charge in [0.15, 0.2) is 6.29 Å². The number of aliphatic hydroxyl groups is 1. The molecule has 1 saturated heterocycles. The van der Waals surface area contributed by atoms with E-state index >= 15 is 0 Å². The fourth-order valence-electron chi connectivity index (χ4n) is 2.12. The van der Waals surface area contributed by atoms with Crippen LogP contribution in [0, 0.1) is 5.92 Å². The zero-order valence-electron chi connectivity index (χ0n) is 8.16. The third-order valence-electron chi connectivity index (χ3n) is 2.89. The van der Waals surface area contributed by atoms with Gasteiger partial charge in [0, 0.05) is 6.42 Å². The zero-order valence-corrected chi connectivity index (χ0v) is 8.16. The van der Waals surface area contributed by atoms with E-state index in [1.165, 1.54) is 11.1 Å². The van der Waals surface area contributed by atoms with E-state index in [-0.39, 0.29) is 6.10 Å². The molecule has 0 aromatic rings. The molecule has 1 aliphatic heterocycles. The number of allylic oxidation sites excluding steroid dienone is 2. The van der Waals surface area contributed by atoms with Crippen LogP contribution in [0.3, 0.4) is 0 Å². The average molecular weight is 180 g/mol. The lowest BCUT2D eigenvalue weighted by Crippen LogP contribution is -2.35. The Bertz CT molecular complexity index is 265. The van der Waals surface area contributed by atoms with Crippen LogP contribution >= 0.6 is 0 Å². The summed E-state index contributed by atoms with van der Waals surface area (Å²) >= 11 is 0. The van der Waals surface area contributed by atoms with Crippen molar-refractivity contribution in [3.8, 4) is 0 Å². The van der Waals surface area contributed by atoms with Crippen molar-refractivity contribution in [1.29, 1.82) is 0 Å². The van der Waals surface area contributed by atoms with Gasteiger partial charge in [-0.1, -0.05) is 24.6 Å². The molecule has 0 bridgehead atoms. The van der Waals surface area contributed by atoms with Crippen LogP contribution in [0.2, 0.25) is 0 Å². The molecule has 0 amide bonds. The quantitative estimate of drug-likeness (QED) is 0.618. The molecular formula is C11H16O2. The largest absolute Gasteiger partial charge is 0.368 e. The molecule has 0 aromatic carbocycles. The van der Waals surface area contributed by atoms with E-state index in [2.05, 4.69) is 26.0 Å². The Labute approximate surface area is 78.9 Å². The van der Waals surface area contributed by atoms with Crippen molar-refractivity contribution in [2.24, 2.45) is 5.92 Å². The van der Waals surface area contributed by atoms with Crippen LogP contribution in [-0.4, -0.2) is 17.5 Å². The molecule has 2 rings (SSSR count). The summed E-state index contributed by atoms with van der Waals surface area (Å²) in [5.74, 6) is 0.457. The van der Waals surface area contributed by atoms with Crippen molar-refractivity contribution in [3.63, 3.8) is 0 Å². The van der Waals surface area contributed by atoms with E-state index in [9.17, 15) is 5.11 Å². The molecule has 2 nitrogen and oxygen atoms in total. The lowest BCUT2D eigenvalue weighted by atomic mass is 9.84. The monoisotopic (exact) mass is 180 g/mol. The average Bonchev–Trinajstić information content (AvgIpc) is 2.02. The third kappa shape index (κ3) is 1.69. The van der Waals surface area contributed by atoms with Gasteiger partial charge in [0.1, 0.15) is 0 Å². The number of hydrogen-bond acceptors (Lipinski definition) is 2. The number of fused-ring (bicyclic) bond motifs is 1. The van der Waals surface area contributed by atoms with Crippen LogP contribution in [0.1, 0.15) is 26.7 Å². The van der Waals surface area contributed by atoms with Crippen LogP contribution in [0.25, 0.3) is 0 Å². The Balaban J connectivity index is 2.21. The summed E-state index contributed by atoms with van der Waals surface area (Å²) in [7, 11) is 0. The molecule has 3 atom stereocenters. The van der Waals surface area contributed by atoms with E-state index in [4.69, 9.17) is 4.74 Å². The lowest BCUT2D eigenvalue weighted by molar-refractivity contribution is -0.152. The predicted octanol–water partition coefficient (Wildman–Crippen LogP) is 2.01. The number of ether oxygens (including phenoxy) is 1. The Morgan fingerprint density at radius 1 is 1.46 bits per heavy atom. The highest BCUT2D eigenvalue weighted by Crippen LogP contribution is 2.34. The van der Waals surface area contributed by atoms with Gasteiger partial charge in [-0.2, -0.15) is 0 Å². The molecule has 72 valence electrons. The van der Waals surface area contributed by atoms with Crippen molar-refractivity contribution in [2.75, 3.05) is 0 Å². The molecule has 0 spiro atoms. The SMILES string of the molecule is CC1=CC=C2C(C1)OC(O)C[C@@H]2C. The summed E-state index contributed by atoms with van der Waals surface area (Å²) in [6.07, 6.45) is 5.54. The first-order valence-corrected chi connectivity index (χ1v) is 4.87. The first-order chi connectivity index (χ1) is 6.16. The van der Waals surface area contributed by atoms with E-state index in [1.807, 2.05) is 0 Å². The van der Waals surface area contributed by atoms with E-state index in [0.29, 0.717) is 5.92 Å². The summed E-state index contributed by atoms with van der Waals surface area (Å²) in [6, 6.07) is 0. The number of aliphatic hydroxyl groups excluding tert-OH is 1. The lowest BCUT2D eigenvalue weighted by Gasteiger charge is -2.35. The second-order valence-corrected chi connectivity index (χ2v) is 4.10. The molecular weight excluding hydrogens is 164 g/mol. The summed E-state index contributed by atoms with van der Waals surface area (Å²) in [6.45, 7) is 4.25. The highest BCUT2D eigenvalue weighted by Gasteiger charge is 2.31. The van der Waals surface area contributed by atoms with Crippen molar-refractivity contribution in [2.45, 2.75) is 39.1 Å². The van der Waals surface area contributed by atoms with Crippen molar-refractivity contribution in [3.05, 3.63) is 23.3 Å². The van der Waals surface area contributed by atoms with Gasteiger partial charge in [0.2, 0.25) is 0 Å². The first kappa shape index (κ1) is 8.97. The third-order valence-corrected chi connectivity index (χ3v) is 2.89.